The number of carbonyl (C=O) groups excluding carboxylic acids is 1. The summed E-state index contributed by atoms with van der Waals surface area (Å²) in [6.45, 7) is 1.60. The molecule has 0 unspecified atom stereocenters. The van der Waals surface area contributed by atoms with E-state index in [0.717, 1.165) is 24.3 Å². The van der Waals surface area contributed by atoms with Crippen molar-refractivity contribution in [2.75, 3.05) is 0 Å². The Labute approximate surface area is 84.7 Å². The Kier molecular flexibility index (Phi) is 3.34. The number of benzene rings is 1. The van der Waals surface area contributed by atoms with Crippen LogP contribution in [0.25, 0.3) is 0 Å². The number of esters is 1. The van der Waals surface area contributed by atoms with E-state index in [-0.39, 0.29) is 12.2 Å². The second kappa shape index (κ2) is 4.33. The Bertz CT molecular complexity index is 341. The zero-order valence-corrected chi connectivity index (χ0v) is 7.97. The molecule has 1 rings (SSSR count). The van der Waals surface area contributed by atoms with Gasteiger partial charge in [-0.25, -0.2) is 0 Å². The van der Waals surface area contributed by atoms with Crippen LogP contribution in [-0.4, -0.2) is 5.97 Å². The molecule has 2 nitrogen and oxygen atoms in total. The van der Waals surface area contributed by atoms with Crippen LogP contribution in [0.15, 0.2) is 24.3 Å². The predicted octanol–water partition coefficient (Wildman–Crippen LogP) is 3.02. The van der Waals surface area contributed by atoms with E-state index in [1.165, 1.54) is 0 Å². The fourth-order valence-electron chi connectivity index (χ4n) is 0.916. The minimum atomic E-state index is -4.37. The maximum Gasteiger partial charge on any atom is 0.416 e. The van der Waals surface area contributed by atoms with Gasteiger partial charge in [0.05, 0.1) is 5.56 Å². The third-order valence-corrected chi connectivity index (χ3v) is 1.70. The van der Waals surface area contributed by atoms with Gasteiger partial charge in [-0.1, -0.05) is 6.92 Å². The number of rotatable bonds is 2. The van der Waals surface area contributed by atoms with Crippen molar-refractivity contribution in [3.05, 3.63) is 29.8 Å². The topological polar surface area (TPSA) is 26.3 Å². The van der Waals surface area contributed by atoms with Crippen molar-refractivity contribution in [3.8, 4) is 5.75 Å². The highest BCUT2D eigenvalue weighted by molar-refractivity contribution is 5.71. The van der Waals surface area contributed by atoms with Crippen LogP contribution < -0.4 is 4.74 Å². The van der Waals surface area contributed by atoms with E-state index < -0.39 is 17.7 Å². The number of carbonyl (C=O) groups is 1. The molecule has 0 heterocycles. The van der Waals surface area contributed by atoms with E-state index in [4.69, 9.17) is 4.74 Å². The third-order valence-electron chi connectivity index (χ3n) is 1.70. The highest BCUT2D eigenvalue weighted by atomic mass is 19.4. The fraction of sp³-hybridized carbons (Fsp3) is 0.300. The summed E-state index contributed by atoms with van der Waals surface area (Å²) in [5.41, 5.74) is -0.765. The average molecular weight is 218 g/mol. The van der Waals surface area contributed by atoms with Crippen molar-refractivity contribution in [1.29, 1.82) is 0 Å². The second-order valence-electron chi connectivity index (χ2n) is 2.85. The third kappa shape index (κ3) is 3.27. The van der Waals surface area contributed by atoms with Crippen LogP contribution in [-0.2, 0) is 11.0 Å². The maximum atomic E-state index is 12.1. The number of alkyl halides is 3. The SMILES string of the molecule is CCC(=O)Oc1ccc(C(F)(F)F)cc1. The molecule has 0 aromatic heterocycles. The molecule has 0 aliphatic heterocycles. The number of hydrogen-bond acceptors (Lipinski definition) is 2. The quantitative estimate of drug-likeness (QED) is 0.563. The van der Waals surface area contributed by atoms with Crippen molar-refractivity contribution in [2.24, 2.45) is 0 Å². The van der Waals surface area contributed by atoms with Crippen molar-refractivity contribution >= 4 is 5.97 Å². The highest BCUT2D eigenvalue weighted by Gasteiger charge is 2.30. The molecule has 0 saturated carbocycles. The monoisotopic (exact) mass is 218 g/mol. The smallest absolute Gasteiger partial charge is 0.416 e. The van der Waals surface area contributed by atoms with Crippen LogP contribution in [0.4, 0.5) is 13.2 Å². The first kappa shape index (κ1) is 11.6. The summed E-state index contributed by atoms with van der Waals surface area (Å²) < 4.78 is 41.1. The Morgan fingerprint density at radius 3 is 2.20 bits per heavy atom. The van der Waals surface area contributed by atoms with Crippen molar-refractivity contribution < 1.29 is 22.7 Å². The lowest BCUT2D eigenvalue weighted by molar-refractivity contribution is -0.137. The normalized spacial score (nSPS) is 11.2. The lowest BCUT2D eigenvalue weighted by atomic mass is 10.2. The summed E-state index contributed by atoms with van der Waals surface area (Å²) in [4.78, 5) is 10.8. The molecule has 5 heteroatoms. The summed E-state index contributed by atoms with van der Waals surface area (Å²) in [6.07, 6.45) is -4.19. The average Bonchev–Trinajstić information content (AvgIpc) is 2.17. The van der Waals surface area contributed by atoms with Gasteiger partial charge < -0.3 is 4.74 Å². The summed E-state index contributed by atoms with van der Waals surface area (Å²) >= 11 is 0. The first-order chi connectivity index (χ1) is 6.93. The van der Waals surface area contributed by atoms with E-state index in [0.29, 0.717) is 0 Å². The molecule has 0 radical (unpaired) electrons. The molecule has 0 saturated heterocycles. The van der Waals surface area contributed by atoms with Gasteiger partial charge in [0.25, 0.3) is 0 Å². The minimum absolute atomic E-state index is 0.120. The summed E-state index contributed by atoms with van der Waals surface area (Å²) in [5, 5.41) is 0. The molecule has 1 aromatic rings. The minimum Gasteiger partial charge on any atom is -0.427 e. The molecule has 1 aromatic carbocycles. The Morgan fingerprint density at radius 1 is 1.27 bits per heavy atom. The molecule has 0 amide bonds. The molecule has 0 aliphatic rings. The largest absolute Gasteiger partial charge is 0.427 e. The summed E-state index contributed by atoms with van der Waals surface area (Å²) in [5.74, 6) is -0.357. The molecule has 0 bridgehead atoms. The summed E-state index contributed by atoms with van der Waals surface area (Å²) in [6, 6.07) is 3.99. The van der Waals surface area contributed by atoms with Crippen molar-refractivity contribution in [1.82, 2.24) is 0 Å². The lowest BCUT2D eigenvalue weighted by Gasteiger charge is -2.07. The van der Waals surface area contributed by atoms with E-state index in [1.54, 1.807) is 6.92 Å². The molecule has 0 atom stereocenters. The van der Waals surface area contributed by atoms with E-state index in [1.807, 2.05) is 0 Å². The first-order valence-corrected chi connectivity index (χ1v) is 4.31. The van der Waals surface area contributed by atoms with Gasteiger partial charge in [0.1, 0.15) is 5.75 Å². The lowest BCUT2D eigenvalue weighted by Crippen LogP contribution is -2.07. The van der Waals surface area contributed by atoms with E-state index in [9.17, 15) is 18.0 Å². The van der Waals surface area contributed by atoms with Crippen LogP contribution in [0.5, 0.6) is 5.75 Å². The van der Waals surface area contributed by atoms with Crippen molar-refractivity contribution in [3.63, 3.8) is 0 Å². The van der Waals surface area contributed by atoms with Gasteiger partial charge in [0.2, 0.25) is 0 Å². The van der Waals surface area contributed by atoms with Gasteiger partial charge in [-0.2, -0.15) is 13.2 Å². The van der Waals surface area contributed by atoms with Crippen LogP contribution >= 0.6 is 0 Å². The van der Waals surface area contributed by atoms with Crippen LogP contribution in [0.1, 0.15) is 18.9 Å². The summed E-state index contributed by atoms with van der Waals surface area (Å²) in [7, 11) is 0. The molecule has 0 spiro atoms. The zero-order chi connectivity index (χ0) is 11.5. The highest BCUT2D eigenvalue weighted by Crippen LogP contribution is 2.30. The molecule has 82 valence electrons. The maximum absolute atomic E-state index is 12.1. The Balaban J connectivity index is 2.77. The van der Waals surface area contributed by atoms with E-state index in [2.05, 4.69) is 0 Å². The molecular formula is C10H9F3O2. The molecule has 0 N–H and O–H groups in total. The number of halogens is 3. The predicted molar refractivity (Wildman–Crippen MR) is 47.4 cm³/mol. The molecule has 0 aliphatic carbocycles. The van der Waals surface area contributed by atoms with Crippen LogP contribution in [0.2, 0.25) is 0 Å². The fourth-order valence-corrected chi connectivity index (χ4v) is 0.916. The van der Waals surface area contributed by atoms with Crippen LogP contribution in [0, 0.1) is 0 Å². The standard InChI is InChI=1S/C10H9F3O2/c1-2-9(14)15-8-5-3-7(4-6-8)10(11,12)13/h3-6H,2H2,1H3. The van der Waals surface area contributed by atoms with Gasteiger partial charge in [-0.05, 0) is 24.3 Å². The zero-order valence-electron chi connectivity index (χ0n) is 7.97. The molecular weight excluding hydrogens is 209 g/mol. The van der Waals surface area contributed by atoms with Crippen molar-refractivity contribution in [2.45, 2.75) is 19.5 Å². The first-order valence-electron chi connectivity index (χ1n) is 4.31. The van der Waals surface area contributed by atoms with Gasteiger partial charge >= 0.3 is 12.1 Å². The van der Waals surface area contributed by atoms with Crippen LogP contribution in [0.3, 0.4) is 0 Å². The van der Waals surface area contributed by atoms with Gasteiger partial charge in [-0.3, -0.25) is 4.79 Å². The number of hydrogen-bond donors (Lipinski definition) is 0. The van der Waals surface area contributed by atoms with Gasteiger partial charge in [-0.15, -0.1) is 0 Å². The molecule has 0 fully saturated rings. The Hall–Kier alpha value is -1.52. The Morgan fingerprint density at radius 2 is 1.80 bits per heavy atom. The second-order valence-corrected chi connectivity index (χ2v) is 2.85. The van der Waals surface area contributed by atoms with Gasteiger partial charge in [0, 0.05) is 6.42 Å². The van der Waals surface area contributed by atoms with Gasteiger partial charge in [0.15, 0.2) is 0 Å². The van der Waals surface area contributed by atoms with E-state index >= 15 is 0 Å². The number of ether oxygens (including phenoxy) is 1. The molecule has 15 heavy (non-hydrogen) atoms.